The number of carbonyl (C=O) groups excluding carboxylic acids is 1. The summed E-state index contributed by atoms with van der Waals surface area (Å²) in [6.45, 7) is 2.00. The highest BCUT2D eigenvalue weighted by Gasteiger charge is 2.35. The Morgan fingerprint density at radius 3 is 2.60 bits per heavy atom. The maximum atomic E-state index is 12.6. The van der Waals surface area contributed by atoms with Crippen LogP contribution in [0.5, 0.6) is 0 Å². The quantitative estimate of drug-likeness (QED) is 0.557. The first-order chi connectivity index (χ1) is 16.9. The van der Waals surface area contributed by atoms with Crippen LogP contribution in [0.3, 0.4) is 0 Å². The lowest BCUT2D eigenvalue weighted by Crippen LogP contribution is -2.42. The van der Waals surface area contributed by atoms with Gasteiger partial charge in [-0.2, -0.15) is 0 Å². The second-order valence-electron chi connectivity index (χ2n) is 9.67. The molecule has 0 saturated heterocycles. The molecule has 0 radical (unpaired) electrons. The van der Waals surface area contributed by atoms with Crippen LogP contribution in [0.1, 0.15) is 68.1 Å². The first-order valence-electron chi connectivity index (χ1n) is 12.3. The van der Waals surface area contributed by atoms with Gasteiger partial charge >= 0.3 is 12.1 Å². The molecule has 35 heavy (non-hydrogen) atoms. The van der Waals surface area contributed by atoms with Crippen molar-refractivity contribution in [2.24, 2.45) is 5.92 Å². The van der Waals surface area contributed by atoms with Crippen LogP contribution >= 0.6 is 0 Å². The molecule has 8 nitrogen and oxygen atoms in total. The zero-order valence-electron chi connectivity index (χ0n) is 20.1. The summed E-state index contributed by atoms with van der Waals surface area (Å²) < 4.78 is 7.11. The van der Waals surface area contributed by atoms with E-state index in [1.54, 1.807) is 4.90 Å². The number of amides is 1. The molecule has 2 aromatic carbocycles. The van der Waals surface area contributed by atoms with E-state index in [0.717, 1.165) is 53.5 Å². The highest BCUT2D eigenvalue weighted by atomic mass is 16.5. The van der Waals surface area contributed by atoms with Crippen molar-refractivity contribution >= 4 is 28.8 Å². The molecule has 2 aliphatic rings. The third kappa shape index (κ3) is 4.05. The molecule has 0 spiro atoms. The number of anilines is 1. The number of nitrogens with zero attached hydrogens (tertiary/aromatic N) is 3. The first-order valence-corrected chi connectivity index (χ1v) is 12.3. The van der Waals surface area contributed by atoms with Gasteiger partial charge in [-0.05, 0) is 56.7 Å². The van der Waals surface area contributed by atoms with Crippen LogP contribution in [0.15, 0.2) is 42.5 Å². The van der Waals surface area contributed by atoms with E-state index in [0.29, 0.717) is 18.7 Å². The van der Waals surface area contributed by atoms with Crippen molar-refractivity contribution in [2.75, 3.05) is 12.0 Å². The average Bonchev–Trinajstić information content (AvgIpc) is 3.28. The summed E-state index contributed by atoms with van der Waals surface area (Å²) in [4.78, 5) is 31.0. The second-order valence-corrected chi connectivity index (χ2v) is 9.67. The van der Waals surface area contributed by atoms with Crippen LogP contribution in [0, 0.1) is 5.92 Å². The smallest absolute Gasteiger partial charge is 0.414 e. The monoisotopic (exact) mass is 477 g/mol. The lowest BCUT2D eigenvalue weighted by Gasteiger charge is -2.34. The predicted molar refractivity (Wildman–Crippen MR) is 132 cm³/mol. The number of carboxylic acids is 1. The molecule has 1 aliphatic heterocycles. The molecule has 1 saturated carbocycles. The van der Waals surface area contributed by atoms with Gasteiger partial charge in [0.25, 0.3) is 0 Å². The van der Waals surface area contributed by atoms with Gasteiger partial charge in [-0.3, -0.25) is 9.69 Å². The fourth-order valence-corrected chi connectivity index (χ4v) is 5.78. The van der Waals surface area contributed by atoms with E-state index in [2.05, 4.69) is 4.57 Å². The van der Waals surface area contributed by atoms with E-state index in [1.807, 2.05) is 49.4 Å². The summed E-state index contributed by atoms with van der Waals surface area (Å²) in [7, 11) is 1.38. The number of aliphatic carboxylic acids is 1. The Morgan fingerprint density at radius 2 is 1.89 bits per heavy atom. The number of fused-ring (bicyclic) bond motifs is 3. The molecular weight excluding hydrogens is 446 g/mol. The number of hydrogen-bond donors (Lipinski definition) is 2. The minimum atomic E-state index is -0.955. The van der Waals surface area contributed by atoms with Crippen LogP contribution in [-0.4, -0.2) is 45.0 Å². The van der Waals surface area contributed by atoms with Crippen molar-refractivity contribution in [3.05, 3.63) is 59.4 Å². The maximum Gasteiger partial charge on any atom is 0.414 e. The van der Waals surface area contributed by atoms with Gasteiger partial charge in [0.2, 0.25) is 0 Å². The van der Waals surface area contributed by atoms with E-state index >= 15 is 0 Å². The maximum absolute atomic E-state index is 12.6. The number of aliphatic hydroxyl groups is 1. The van der Waals surface area contributed by atoms with E-state index in [-0.39, 0.29) is 12.1 Å². The lowest BCUT2D eigenvalue weighted by atomic mass is 9.85. The fourth-order valence-electron chi connectivity index (χ4n) is 5.78. The zero-order chi connectivity index (χ0) is 24.7. The van der Waals surface area contributed by atoms with Crippen molar-refractivity contribution in [1.29, 1.82) is 0 Å². The number of aliphatic hydroxyl groups excluding tert-OH is 1. The van der Waals surface area contributed by atoms with Crippen molar-refractivity contribution in [2.45, 2.75) is 63.6 Å². The van der Waals surface area contributed by atoms with Gasteiger partial charge in [-0.1, -0.05) is 36.8 Å². The molecule has 3 aromatic rings. The SMILES string of the molecule is COC(=O)N1c2ccc3c(nc([C@H](O)c4ccccc4)n3[C@@H]3CCC[C@@H](C(=O)O)C3)c2CCC1C. The van der Waals surface area contributed by atoms with Crippen LogP contribution in [-0.2, 0) is 16.0 Å². The number of carbonyl (C=O) groups is 2. The Kier molecular flexibility index (Phi) is 6.23. The Balaban J connectivity index is 1.69. The van der Waals surface area contributed by atoms with Crippen LogP contribution in [0.25, 0.3) is 11.0 Å². The van der Waals surface area contributed by atoms with Gasteiger partial charge in [0.15, 0.2) is 0 Å². The Bertz CT molecular complexity index is 1250. The molecule has 2 N–H and O–H groups in total. The summed E-state index contributed by atoms with van der Waals surface area (Å²) in [5.74, 6) is -0.676. The van der Waals surface area contributed by atoms with Crippen molar-refractivity contribution in [3.8, 4) is 0 Å². The molecule has 1 aromatic heterocycles. The van der Waals surface area contributed by atoms with Crippen LogP contribution in [0.4, 0.5) is 10.5 Å². The minimum absolute atomic E-state index is 0.00136. The normalized spacial score (nSPS) is 23.1. The number of imidazole rings is 1. The Hall–Kier alpha value is -3.39. The van der Waals surface area contributed by atoms with Crippen molar-refractivity contribution in [3.63, 3.8) is 0 Å². The van der Waals surface area contributed by atoms with Gasteiger partial charge < -0.3 is 19.5 Å². The summed E-state index contributed by atoms with van der Waals surface area (Å²) in [6, 6.07) is 13.2. The summed E-state index contributed by atoms with van der Waals surface area (Å²) in [6.07, 6.45) is 2.96. The number of ether oxygens (including phenoxy) is 1. The third-order valence-corrected chi connectivity index (χ3v) is 7.57. The van der Waals surface area contributed by atoms with Crippen LogP contribution < -0.4 is 4.90 Å². The van der Waals surface area contributed by atoms with E-state index in [1.165, 1.54) is 7.11 Å². The average molecular weight is 478 g/mol. The number of aromatic nitrogens is 2. The molecule has 1 amide bonds. The molecule has 2 heterocycles. The topological polar surface area (TPSA) is 105 Å². The fraction of sp³-hybridized carbons (Fsp3) is 0.444. The third-order valence-electron chi connectivity index (χ3n) is 7.57. The first kappa shape index (κ1) is 23.4. The van der Waals surface area contributed by atoms with E-state index in [4.69, 9.17) is 9.72 Å². The van der Waals surface area contributed by atoms with Gasteiger partial charge in [0.05, 0.1) is 29.7 Å². The highest BCUT2D eigenvalue weighted by molar-refractivity contribution is 5.95. The summed E-state index contributed by atoms with van der Waals surface area (Å²) in [5.41, 5.74) is 4.08. The highest BCUT2D eigenvalue weighted by Crippen LogP contribution is 2.42. The molecule has 8 heteroatoms. The van der Waals surface area contributed by atoms with Gasteiger partial charge in [0.1, 0.15) is 11.9 Å². The minimum Gasteiger partial charge on any atom is -0.481 e. The predicted octanol–water partition coefficient (Wildman–Crippen LogP) is 4.84. The molecule has 184 valence electrons. The lowest BCUT2D eigenvalue weighted by molar-refractivity contribution is -0.143. The number of aryl methyl sites for hydroxylation is 1. The van der Waals surface area contributed by atoms with Gasteiger partial charge in [-0.25, -0.2) is 9.78 Å². The Morgan fingerprint density at radius 1 is 1.11 bits per heavy atom. The number of hydrogen-bond acceptors (Lipinski definition) is 5. The largest absolute Gasteiger partial charge is 0.481 e. The molecule has 1 unspecified atom stereocenters. The van der Waals surface area contributed by atoms with E-state index in [9.17, 15) is 19.8 Å². The van der Waals surface area contributed by atoms with Gasteiger partial charge in [-0.15, -0.1) is 0 Å². The van der Waals surface area contributed by atoms with Crippen molar-refractivity contribution < 1.29 is 24.5 Å². The number of methoxy groups -OCH3 is 1. The van der Waals surface area contributed by atoms with Gasteiger partial charge in [0, 0.05) is 17.6 Å². The second kappa shape index (κ2) is 9.34. The standard InChI is InChI=1S/C27H31N3O5/c1-16-11-12-20-21(29(16)27(34)35-2)13-14-22-23(20)28-25(24(31)17-7-4-3-5-8-17)30(22)19-10-6-9-18(15-19)26(32)33/h3-5,7-8,13-14,16,18-19,24,31H,6,9-12,15H2,1-2H3,(H,32,33)/t16?,18-,19-,24-/m1/s1. The molecular formula is C27H31N3O5. The summed E-state index contributed by atoms with van der Waals surface area (Å²) in [5, 5.41) is 21.1. The molecule has 4 atom stereocenters. The number of benzene rings is 2. The zero-order valence-corrected chi connectivity index (χ0v) is 20.1. The molecule has 0 bridgehead atoms. The van der Waals surface area contributed by atoms with Crippen molar-refractivity contribution in [1.82, 2.24) is 9.55 Å². The van der Waals surface area contributed by atoms with E-state index < -0.39 is 24.1 Å². The molecule has 1 fully saturated rings. The van der Waals surface area contributed by atoms with Crippen LogP contribution in [0.2, 0.25) is 0 Å². The number of carboxylic acid groups (broad SMARTS) is 1. The molecule has 5 rings (SSSR count). The Labute approximate surface area is 204 Å². The summed E-state index contributed by atoms with van der Waals surface area (Å²) >= 11 is 0. The molecule has 1 aliphatic carbocycles. The number of rotatable bonds is 4.